The van der Waals surface area contributed by atoms with Gasteiger partial charge in [-0.3, -0.25) is 10.1 Å². The predicted molar refractivity (Wildman–Crippen MR) is 69.0 cm³/mol. The van der Waals surface area contributed by atoms with E-state index in [-0.39, 0.29) is 5.56 Å². The van der Waals surface area contributed by atoms with E-state index in [0.29, 0.717) is 0 Å². The number of phenols is 1. The minimum absolute atomic E-state index is 0.0622. The molecule has 0 aliphatic carbocycles. The summed E-state index contributed by atoms with van der Waals surface area (Å²) >= 11 is 0. The van der Waals surface area contributed by atoms with Crippen LogP contribution in [0, 0.1) is 10.1 Å². The fourth-order valence-corrected chi connectivity index (χ4v) is 1.75. The van der Waals surface area contributed by atoms with Gasteiger partial charge in [-0.25, -0.2) is 9.59 Å². The fraction of sp³-hybridized carbons (Fsp3) is 0.231. The van der Waals surface area contributed by atoms with Gasteiger partial charge in [0, 0.05) is 25.5 Å². The van der Waals surface area contributed by atoms with Crippen LogP contribution in [0.15, 0.2) is 23.8 Å². The van der Waals surface area contributed by atoms with Crippen molar-refractivity contribution in [3.8, 4) is 5.75 Å². The monoisotopic (exact) mass is 293 g/mol. The van der Waals surface area contributed by atoms with Crippen molar-refractivity contribution in [1.82, 2.24) is 0 Å². The summed E-state index contributed by atoms with van der Waals surface area (Å²) in [5.41, 5.74) is -1.06. The summed E-state index contributed by atoms with van der Waals surface area (Å²) in [6.07, 6.45) is 0.988. The van der Waals surface area contributed by atoms with Crippen LogP contribution in [-0.4, -0.2) is 27.8 Å². The minimum Gasteiger partial charge on any atom is -0.502 e. The first-order valence-corrected chi connectivity index (χ1v) is 5.86. The smallest absolute Gasteiger partial charge is 0.348 e. The van der Waals surface area contributed by atoms with Gasteiger partial charge in [0.2, 0.25) is 5.75 Å². The van der Waals surface area contributed by atoms with Crippen molar-refractivity contribution in [2.45, 2.75) is 19.6 Å². The Morgan fingerprint density at radius 2 is 1.81 bits per heavy atom. The number of ether oxygens (including phenoxy) is 2. The molecule has 0 radical (unpaired) electrons. The Labute approximate surface area is 118 Å². The molecule has 0 aromatic heterocycles. The van der Waals surface area contributed by atoms with E-state index in [1.165, 1.54) is 26.0 Å². The van der Waals surface area contributed by atoms with Crippen molar-refractivity contribution in [3.63, 3.8) is 0 Å². The number of nitrogens with zero attached hydrogens (tertiary/aromatic N) is 1. The van der Waals surface area contributed by atoms with Gasteiger partial charge >= 0.3 is 17.6 Å². The third-order valence-electron chi connectivity index (χ3n) is 2.66. The Kier molecular flexibility index (Phi) is 3.38. The molecule has 110 valence electrons. The fourth-order valence-electron chi connectivity index (χ4n) is 1.75. The molecular formula is C13H11NO7. The van der Waals surface area contributed by atoms with Gasteiger partial charge in [-0.2, -0.15) is 0 Å². The lowest BCUT2D eigenvalue weighted by molar-refractivity contribution is -0.385. The first-order valence-electron chi connectivity index (χ1n) is 5.86. The van der Waals surface area contributed by atoms with E-state index < -0.39 is 39.7 Å². The van der Waals surface area contributed by atoms with Crippen LogP contribution in [-0.2, 0) is 19.1 Å². The largest absolute Gasteiger partial charge is 0.502 e. The lowest BCUT2D eigenvalue weighted by atomic mass is 10.1. The van der Waals surface area contributed by atoms with Crippen LogP contribution in [0.1, 0.15) is 19.4 Å². The Hall–Kier alpha value is -2.90. The van der Waals surface area contributed by atoms with Crippen LogP contribution in [0.4, 0.5) is 5.69 Å². The molecule has 8 nitrogen and oxygen atoms in total. The highest BCUT2D eigenvalue weighted by Crippen LogP contribution is 2.32. The number of para-hydroxylation sites is 1. The number of hydrogen-bond acceptors (Lipinski definition) is 7. The maximum absolute atomic E-state index is 11.7. The van der Waals surface area contributed by atoms with E-state index in [1.807, 2.05) is 0 Å². The van der Waals surface area contributed by atoms with Crippen molar-refractivity contribution < 1.29 is 29.1 Å². The molecule has 1 aliphatic rings. The van der Waals surface area contributed by atoms with E-state index >= 15 is 0 Å². The number of carbonyl (C=O) groups is 2. The topological polar surface area (TPSA) is 116 Å². The summed E-state index contributed by atoms with van der Waals surface area (Å²) in [5.74, 6) is -3.89. The number of carbonyl (C=O) groups excluding carboxylic acids is 2. The number of cyclic esters (lactones) is 2. The van der Waals surface area contributed by atoms with Crippen LogP contribution in [0.5, 0.6) is 5.75 Å². The maximum atomic E-state index is 11.7. The number of nitro groups is 1. The van der Waals surface area contributed by atoms with Gasteiger partial charge in [0.25, 0.3) is 5.79 Å². The molecule has 8 heteroatoms. The molecule has 1 aromatic carbocycles. The molecule has 0 atom stereocenters. The maximum Gasteiger partial charge on any atom is 0.348 e. The standard InChI is InChI=1S/C13H11NO7/c1-13(2)20-11(16)8(12(17)21-13)6-7-4-3-5-9(10(7)15)14(18)19/h3-6,15H,1-2H3. The van der Waals surface area contributed by atoms with Gasteiger partial charge < -0.3 is 14.6 Å². The highest BCUT2D eigenvalue weighted by molar-refractivity contribution is 6.19. The van der Waals surface area contributed by atoms with Gasteiger partial charge in [-0.15, -0.1) is 0 Å². The number of hydrogen-bond donors (Lipinski definition) is 1. The minimum atomic E-state index is -1.38. The molecule has 1 aromatic rings. The Balaban J connectivity index is 2.45. The molecule has 1 heterocycles. The van der Waals surface area contributed by atoms with Crippen molar-refractivity contribution in [2.75, 3.05) is 0 Å². The summed E-state index contributed by atoms with van der Waals surface area (Å²) in [6.45, 7) is 2.79. The molecule has 1 aliphatic heterocycles. The number of esters is 2. The third-order valence-corrected chi connectivity index (χ3v) is 2.66. The van der Waals surface area contributed by atoms with Gasteiger partial charge in [-0.05, 0) is 6.08 Å². The zero-order chi connectivity index (χ0) is 15.8. The van der Waals surface area contributed by atoms with E-state index in [1.54, 1.807) is 0 Å². The lowest BCUT2D eigenvalue weighted by Crippen LogP contribution is -2.41. The van der Waals surface area contributed by atoms with Crippen molar-refractivity contribution in [2.24, 2.45) is 0 Å². The number of aromatic hydroxyl groups is 1. The quantitative estimate of drug-likeness (QED) is 0.289. The SMILES string of the molecule is CC1(C)OC(=O)C(=Cc2cccc([N+](=O)[O-])c2O)C(=O)O1. The number of benzene rings is 1. The zero-order valence-corrected chi connectivity index (χ0v) is 11.2. The van der Waals surface area contributed by atoms with Crippen LogP contribution in [0.3, 0.4) is 0 Å². The first-order chi connectivity index (χ1) is 9.71. The van der Waals surface area contributed by atoms with Gasteiger partial charge in [0.05, 0.1) is 4.92 Å². The van der Waals surface area contributed by atoms with E-state index in [0.717, 1.165) is 12.1 Å². The number of rotatable bonds is 2. The summed E-state index contributed by atoms with van der Waals surface area (Å²) in [6, 6.07) is 3.72. The van der Waals surface area contributed by atoms with Crippen LogP contribution in [0.2, 0.25) is 0 Å². The second-order valence-electron chi connectivity index (χ2n) is 4.71. The van der Waals surface area contributed by atoms with Crippen molar-refractivity contribution >= 4 is 23.7 Å². The molecule has 1 saturated heterocycles. The summed E-state index contributed by atoms with van der Waals surface area (Å²) < 4.78 is 9.76. The van der Waals surface area contributed by atoms with E-state index in [9.17, 15) is 24.8 Å². The lowest BCUT2D eigenvalue weighted by Gasteiger charge is -2.29. The molecule has 0 spiro atoms. The van der Waals surface area contributed by atoms with Crippen LogP contribution >= 0.6 is 0 Å². The number of nitro benzene ring substituents is 1. The van der Waals surface area contributed by atoms with Gasteiger partial charge in [0.15, 0.2) is 0 Å². The van der Waals surface area contributed by atoms with Gasteiger partial charge in [-0.1, -0.05) is 12.1 Å². The molecule has 2 rings (SSSR count). The zero-order valence-electron chi connectivity index (χ0n) is 11.2. The molecule has 0 amide bonds. The first kappa shape index (κ1) is 14.5. The van der Waals surface area contributed by atoms with Crippen LogP contribution in [0.25, 0.3) is 6.08 Å². The highest BCUT2D eigenvalue weighted by atomic mass is 16.7. The molecule has 1 fully saturated rings. The Morgan fingerprint density at radius 1 is 1.24 bits per heavy atom. The second-order valence-corrected chi connectivity index (χ2v) is 4.71. The summed E-state index contributed by atoms with van der Waals surface area (Å²) in [7, 11) is 0. The Bertz CT molecular complexity index is 653. The van der Waals surface area contributed by atoms with E-state index in [4.69, 9.17) is 9.47 Å². The molecule has 0 unspecified atom stereocenters. The normalized spacial score (nSPS) is 17.0. The molecule has 0 bridgehead atoms. The third kappa shape index (κ3) is 2.83. The summed E-state index contributed by atoms with van der Waals surface area (Å²) in [5, 5.41) is 20.5. The molecule has 21 heavy (non-hydrogen) atoms. The van der Waals surface area contributed by atoms with Crippen LogP contribution < -0.4 is 0 Å². The average Bonchev–Trinajstić information content (AvgIpc) is 2.34. The molecule has 0 saturated carbocycles. The Morgan fingerprint density at radius 3 is 2.33 bits per heavy atom. The number of phenolic OH excluding ortho intramolecular Hbond substituents is 1. The second kappa shape index (κ2) is 4.89. The molecular weight excluding hydrogens is 282 g/mol. The summed E-state index contributed by atoms with van der Waals surface area (Å²) in [4.78, 5) is 33.4. The van der Waals surface area contributed by atoms with Gasteiger partial charge in [0.1, 0.15) is 5.57 Å². The van der Waals surface area contributed by atoms with E-state index in [2.05, 4.69) is 0 Å². The molecule has 1 N–H and O–H groups in total. The highest BCUT2D eigenvalue weighted by Gasteiger charge is 2.39. The average molecular weight is 293 g/mol. The van der Waals surface area contributed by atoms with Crippen molar-refractivity contribution in [1.29, 1.82) is 0 Å². The predicted octanol–water partition coefficient (Wildman–Crippen LogP) is 1.52. The van der Waals surface area contributed by atoms with Crippen molar-refractivity contribution in [3.05, 3.63) is 39.4 Å².